The van der Waals surface area contributed by atoms with Gasteiger partial charge in [0.2, 0.25) is 17.2 Å². The van der Waals surface area contributed by atoms with Crippen molar-refractivity contribution >= 4 is 34.2 Å². The van der Waals surface area contributed by atoms with E-state index in [1.807, 2.05) is 0 Å². The monoisotopic (exact) mass is 503 g/mol. The van der Waals surface area contributed by atoms with Gasteiger partial charge in [-0.05, 0) is 74.0 Å². The van der Waals surface area contributed by atoms with E-state index in [1.54, 1.807) is 60.9 Å². The van der Waals surface area contributed by atoms with Crippen LogP contribution in [-0.2, 0) is 11.3 Å². The van der Waals surface area contributed by atoms with Gasteiger partial charge in [0.1, 0.15) is 23.6 Å². The standard InChI is InChI=1S/C26H19ClFN5O3/c1-14-11-18(8-10-21(14)28)30-22(34)13-33-12-20(23(35)19-9-3-15(2)29-25(19)33)26-31-24(32-36-26)16-4-6-17(27)7-5-16/h3-12H,13H2,1-2H3,(H,30,34). The zero-order valence-corrected chi connectivity index (χ0v) is 20.0. The van der Waals surface area contributed by atoms with Crippen LogP contribution in [-0.4, -0.2) is 25.6 Å². The zero-order chi connectivity index (χ0) is 25.4. The molecule has 10 heteroatoms. The summed E-state index contributed by atoms with van der Waals surface area (Å²) in [6.07, 6.45) is 1.48. The van der Waals surface area contributed by atoms with Crippen LogP contribution in [0.3, 0.4) is 0 Å². The van der Waals surface area contributed by atoms with E-state index in [0.29, 0.717) is 44.4 Å². The van der Waals surface area contributed by atoms with E-state index in [9.17, 15) is 14.0 Å². The Morgan fingerprint density at radius 3 is 2.61 bits per heavy atom. The maximum absolute atomic E-state index is 13.6. The van der Waals surface area contributed by atoms with Gasteiger partial charge in [0.25, 0.3) is 5.89 Å². The van der Waals surface area contributed by atoms with Gasteiger partial charge in [0.15, 0.2) is 0 Å². The number of nitrogens with one attached hydrogen (secondary N) is 1. The number of hydrogen-bond donors (Lipinski definition) is 1. The maximum atomic E-state index is 13.6. The molecule has 0 aliphatic rings. The van der Waals surface area contributed by atoms with Crippen LogP contribution >= 0.6 is 11.6 Å². The molecule has 1 N–H and O–H groups in total. The number of amides is 1. The lowest BCUT2D eigenvalue weighted by atomic mass is 10.1. The van der Waals surface area contributed by atoms with Crippen molar-refractivity contribution in [3.05, 3.63) is 93.1 Å². The molecule has 5 aromatic rings. The van der Waals surface area contributed by atoms with Gasteiger partial charge in [-0.1, -0.05) is 16.8 Å². The number of nitrogens with zero attached hydrogens (tertiary/aromatic N) is 4. The molecule has 3 aromatic heterocycles. The minimum Gasteiger partial charge on any atom is -0.333 e. The molecule has 8 nitrogen and oxygen atoms in total. The number of carbonyl (C=O) groups excluding carboxylic acids is 1. The molecule has 0 aliphatic heterocycles. The molecule has 0 spiro atoms. The van der Waals surface area contributed by atoms with Crippen molar-refractivity contribution in [2.75, 3.05) is 5.32 Å². The summed E-state index contributed by atoms with van der Waals surface area (Å²) in [6.45, 7) is 3.25. The first kappa shape index (κ1) is 23.4. The number of anilines is 1. The first-order valence-electron chi connectivity index (χ1n) is 11.0. The minimum absolute atomic E-state index is 0.00995. The molecule has 180 valence electrons. The molecule has 1 amide bonds. The number of aromatic nitrogens is 4. The van der Waals surface area contributed by atoms with Gasteiger partial charge in [-0.15, -0.1) is 0 Å². The normalized spacial score (nSPS) is 11.1. The Morgan fingerprint density at radius 2 is 1.86 bits per heavy atom. The van der Waals surface area contributed by atoms with Crippen molar-refractivity contribution in [2.45, 2.75) is 20.4 Å². The Morgan fingerprint density at radius 1 is 1.08 bits per heavy atom. The van der Waals surface area contributed by atoms with Crippen molar-refractivity contribution in [3.8, 4) is 22.8 Å². The second kappa shape index (κ2) is 9.35. The summed E-state index contributed by atoms with van der Waals surface area (Å²) in [4.78, 5) is 35.0. The molecule has 0 atom stereocenters. The third kappa shape index (κ3) is 4.60. The van der Waals surface area contributed by atoms with Crippen LogP contribution in [0.2, 0.25) is 5.02 Å². The number of fused-ring (bicyclic) bond motifs is 1. The molecule has 0 aliphatic carbocycles. The minimum atomic E-state index is -0.382. The number of rotatable bonds is 5. The lowest BCUT2D eigenvalue weighted by molar-refractivity contribution is -0.116. The lowest BCUT2D eigenvalue weighted by Crippen LogP contribution is -2.22. The van der Waals surface area contributed by atoms with E-state index in [-0.39, 0.29) is 35.2 Å². The summed E-state index contributed by atoms with van der Waals surface area (Å²) >= 11 is 5.95. The summed E-state index contributed by atoms with van der Waals surface area (Å²) in [7, 11) is 0. The Bertz CT molecular complexity index is 1680. The van der Waals surface area contributed by atoms with Crippen molar-refractivity contribution in [1.29, 1.82) is 0 Å². The quantitative estimate of drug-likeness (QED) is 0.355. The Kier molecular flexibility index (Phi) is 6.07. The number of pyridine rings is 2. The third-order valence-electron chi connectivity index (χ3n) is 5.58. The molecule has 5 rings (SSSR count). The Labute approximate surface area is 209 Å². The van der Waals surface area contributed by atoms with Crippen LogP contribution in [0, 0.1) is 19.7 Å². The van der Waals surface area contributed by atoms with Gasteiger partial charge < -0.3 is 14.4 Å². The molecular weight excluding hydrogens is 485 g/mol. The number of aryl methyl sites for hydroxylation is 2. The number of carbonyl (C=O) groups is 1. The molecule has 0 saturated heterocycles. The summed E-state index contributed by atoms with van der Waals surface area (Å²) in [6, 6.07) is 14.6. The van der Waals surface area contributed by atoms with Gasteiger partial charge in [-0.2, -0.15) is 4.98 Å². The molecular formula is C26H19ClFN5O3. The molecule has 0 fully saturated rings. The summed E-state index contributed by atoms with van der Waals surface area (Å²) in [5.41, 5.74) is 2.34. The highest BCUT2D eigenvalue weighted by atomic mass is 35.5. The molecule has 3 heterocycles. The van der Waals surface area contributed by atoms with Gasteiger partial charge >= 0.3 is 0 Å². The van der Waals surface area contributed by atoms with Gasteiger partial charge in [-0.25, -0.2) is 9.37 Å². The van der Waals surface area contributed by atoms with E-state index >= 15 is 0 Å². The van der Waals surface area contributed by atoms with E-state index in [1.165, 1.54) is 18.3 Å². The number of hydrogen-bond acceptors (Lipinski definition) is 6. The average Bonchev–Trinajstić information content (AvgIpc) is 3.33. The lowest BCUT2D eigenvalue weighted by Gasteiger charge is -2.13. The Balaban J connectivity index is 1.54. The second-order valence-electron chi connectivity index (χ2n) is 8.27. The largest absolute Gasteiger partial charge is 0.333 e. The number of benzene rings is 2. The van der Waals surface area contributed by atoms with Gasteiger partial charge in [0, 0.05) is 28.2 Å². The van der Waals surface area contributed by atoms with Crippen LogP contribution in [0.5, 0.6) is 0 Å². The summed E-state index contributed by atoms with van der Waals surface area (Å²) in [5.74, 6) is -0.441. The smallest absolute Gasteiger partial charge is 0.263 e. The molecule has 0 saturated carbocycles. The topological polar surface area (TPSA) is 103 Å². The fourth-order valence-electron chi connectivity index (χ4n) is 3.76. The van der Waals surface area contributed by atoms with E-state index in [4.69, 9.17) is 16.1 Å². The second-order valence-corrected chi connectivity index (χ2v) is 8.70. The van der Waals surface area contributed by atoms with Crippen LogP contribution in [0.1, 0.15) is 11.3 Å². The summed E-state index contributed by atoms with van der Waals surface area (Å²) < 4.78 is 20.5. The number of halogens is 2. The highest BCUT2D eigenvalue weighted by Crippen LogP contribution is 2.23. The van der Waals surface area contributed by atoms with Crippen LogP contribution in [0.4, 0.5) is 10.1 Å². The van der Waals surface area contributed by atoms with Crippen LogP contribution < -0.4 is 10.7 Å². The highest BCUT2D eigenvalue weighted by molar-refractivity contribution is 6.30. The molecule has 2 aromatic carbocycles. The van der Waals surface area contributed by atoms with Crippen molar-refractivity contribution in [2.24, 2.45) is 0 Å². The van der Waals surface area contributed by atoms with E-state index < -0.39 is 0 Å². The molecule has 36 heavy (non-hydrogen) atoms. The predicted molar refractivity (Wildman–Crippen MR) is 134 cm³/mol. The van der Waals surface area contributed by atoms with E-state index in [2.05, 4.69) is 20.4 Å². The van der Waals surface area contributed by atoms with Crippen molar-refractivity contribution in [3.63, 3.8) is 0 Å². The molecule has 0 radical (unpaired) electrons. The van der Waals surface area contributed by atoms with E-state index in [0.717, 1.165) is 0 Å². The summed E-state index contributed by atoms with van der Waals surface area (Å²) in [5, 5.41) is 7.60. The fourth-order valence-corrected chi connectivity index (χ4v) is 3.89. The first-order valence-corrected chi connectivity index (χ1v) is 11.3. The fraction of sp³-hybridized carbons (Fsp3) is 0.115. The molecule has 0 bridgehead atoms. The van der Waals surface area contributed by atoms with Crippen LogP contribution in [0.15, 0.2) is 70.1 Å². The SMILES string of the molecule is Cc1ccc2c(=O)c(-c3nc(-c4ccc(Cl)cc4)no3)cn(CC(=O)Nc3ccc(F)c(C)c3)c2n1. The highest BCUT2D eigenvalue weighted by Gasteiger charge is 2.19. The Hall–Kier alpha value is -4.37. The van der Waals surface area contributed by atoms with Crippen molar-refractivity contribution < 1.29 is 13.7 Å². The predicted octanol–water partition coefficient (Wildman–Crippen LogP) is 5.16. The van der Waals surface area contributed by atoms with Crippen molar-refractivity contribution in [1.82, 2.24) is 19.7 Å². The zero-order valence-electron chi connectivity index (χ0n) is 19.3. The average molecular weight is 504 g/mol. The first-order chi connectivity index (χ1) is 17.3. The van der Waals surface area contributed by atoms with Gasteiger partial charge in [0.05, 0.1) is 5.39 Å². The molecule has 0 unspecified atom stereocenters. The maximum Gasteiger partial charge on any atom is 0.263 e. The van der Waals surface area contributed by atoms with Crippen LogP contribution in [0.25, 0.3) is 33.9 Å². The third-order valence-corrected chi connectivity index (χ3v) is 5.83. The van der Waals surface area contributed by atoms with Gasteiger partial charge in [-0.3, -0.25) is 9.59 Å².